The first-order valence-electron chi connectivity index (χ1n) is 21.6. The molecular formula is C59H36N4S. The summed E-state index contributed by atoms with van der Waals surface area (Å²) in [5, 5.41) is 9.87. The minimum atomic E-state index is 0.618. The highest BCUT2D eigenvalue weighted by molar-refractivity contribution is 7.26. The number of fused-ring (bicyclic) bond motifs is 9. The lowest BCUT2D eigenvalue weighted by atomic mass is 9.93. The Kier molecular flexibility index (Phi) is 8.36. The van der Waals surface area contributed by atoms with Crippen LogP contribution in [0.1, 0.15) is 0 Å². The van der Waals surface area contributed by atoms with Crippen molar-refractivity contribution in [2.45, 2.75) is 0 Å². The molecule has 0 aliphatic rings. The normalized spacial score (nSPS) is 11.8. The van der Waals surface area contributed by atoms with Crippen molar-refractivity contribution in [1.82, 2.24) is 19.5 Å². The van der Waals surface area contributed by atoms with Gasteiger partial charge in [0.05, 0.1) is 11.0 Å². The van der Waals surface area contributed by atoms with Crippen molar-refractivity contribution in [3.63, 3.8) is 0 Å². The summed E-state index contributed by atoms with van der Waals surface area (Å²) in [6.07, 6.45) is 0. The minimum absolute atomic E-state index is 0.618. The van der Waals surface area contributed by atoms with Gasteiger partial charge in [-0.05, 0) is 86.3 Å². The summed E-state index contributed by atoms with van der Waals surface area (Å²) in [5.74, 6) is 1.87. The molecule has 3 heterocycles. The van der Waals surface area contributed by atoms with Gasteiger partial charge in [0.2, 0.25) is 0 Å². The number of para-hydroxylation sites is 1. The Hall–Kier alpha value is -8.25. The zero-order valence-electron chi connectivity index (χ0n) is 34.5. The van der Waals surface area contributed by atoms with Gasteiger partial charge in [0.25, 0.3) is 0 Å². The van der Waals surface area contributed by atoms with Crippen LogP contribution in [-0.4, -0.2) is 19.5 Å². The van der Waals surface area contributed by atoms with Gasteiger partial charge in [-0.1, -0.05) is 176 Å². The van der Waals surface area contributed by atoms with Crippen molar-refractivity contribution < 1.29 is 0 Å². The number of thiophene rings is 1. The zero-order chi connectivity index (χ0) is 42.1. The summed E-state index contributed by atoms with van der Waals surface area (Å²) in [6.45, 7) is 0. The molecule has 0 unspecified atom stereocenters. The minimum Gasteiger partial charge on any atom is -0.309 e. The van der Waals surface area contributed by atoms with Gasteiger partial charge < -0.3 is 4.57 Å². The Morgan fingerprint density at radius 1 is 0.328 bits per heavy atom. The van der Waals surface area contributed by atoms with E-state index in [1.54, 1.807) is 0 Å². The van der Waals surface area contributed by atoms with Crippen molar-refractivity contribution in [1.29, 1.82) is 0 Å². The fourth-order valence-electron chi connectivity index (χ4n) is 9.58. The molecule has 0 aliphatic carbocycles. The van der Waals surface area contributed by atoms with Gasteiger partial charge in [-0.25, -0.2) is 15.0 Å². The number of nitrogens with zero attached hydrogens (tertiary/aromatic N) is 4. The second-order valence-electron chi connectivity index (χ2n) is 16.4. The number of hydrogen-bond donors (Lipinski definition) is 0. The number of rotatable bonds is 6. The quantitative estimate of drug-likeness (QED) is 0.168. The average Bonchev–Trinajstić information content (AvgIpc) is 3.92. The van der Waals surface area contributed by atoms with Gasteiger partial charge in [0.15, 0.2) is 17.5 Å². The Morgan fingerprint density at radius 2 is 0.938 bits per heavy atom. The van der Waals surface area contributed by atoms with Crippen LogP contribution >= 0.6 is 11.3 Å². The predicted molar refractivity (Wildman–Crippen MR) is 269 cm³/mol. The number of hydrogen-bond acceptors (Lipinski definition) is 4. The first-order chi connectivity index (χ1) is 31.7. The molecular weight excluding hydrogens is 797 g/mol. The largest absolute Gasteiger partial charge is 0.309 e. The maximum atomic E-state index is 5.36. The second kappa shape index (κ2) is 14.7. The molecule has 0 radical (unpaired) electrons. The highest BCUT2D eigenvalue weighted by atomic mass is 32.1. The van der Waals surface area contributed by atoms with Gasteiger partial charge in [-0.3, -0.25) is 0 Å². The molecule has 4 nitrogen and oxygen atoms in total. The molecule has 0 fully saturated rings. The molecule has 0 saturated heterocycles. The summed E-state index contributed by atoms with van der Waals surface area (Å²) >= 11 is 1.86. The van der Waals surface area contributed by atoms with Crippen molar-refractivity contribution in [3.8, 4) is 62.1 Å². The molecule has 0 N–H and O–H groups in total. The molecule has 0 atom stereocenters. The predicted octanol–water partition coefficient (Wildman–Crippen LogP) is 16.0. The summed E-state index contributed by atoms with van der Waals surface area (Å²) < 4.78 is 4.95. The topological polar surface area (TPSA) is 43.6 Å². The monoisotopic (exact) mass is 832 g/mol. The van der Waals surface area contributed by atoms with Crippen LogP contribution in [0.5, 0.6) is 0 Å². The Morgan fingerprint density at radius 3 is 1.72 bits per heavy atom. The van der Waals surface area contributed by atoms with E-state index in [-0.39, 0.29) is 0 Å². The van der Waals surface area contributed by atoms with Crippen LogP contribution in [0.4, 0.5) is 0 Å². The van der Waals surface area contributed by atoms with E-state index >= 15 is 0 Å². The molecule has 3 aromatic heterocycles. The van der Waals surface area contributed by atoms with Crippen LogP contribution in [0.2, 0.25) is 0 Å². The lowest BCUT2D eigenvalue weighted by molar-refractivity contribution is 1.07. The number of benzene rings is 10. The van der Waals surface area contributed by atoms with Crippen molar-refractivity contribution in [3.05, 3.63) is 218 Å². The summed E-state index contributed by atoms with van der Waals surface area (Å²) in [7, 11) is 0. The average molecular weight is 833 g/mol. The standard InChI is InChI=1S/C59H36N4S/c1-3-14-37(15-4-1)38-26-28-41(29-27-38)58-60-57(40-17-5-2-6-18-40)61-59(62-58)48-33-31-44(63-52-24-12-11-22-46(52)51-34-42-19-7-8-20-43(42)35-53(51)63)36-50(48)47-23-13-25-54-55(47)49-32-30-39-16-9-10-21-45(39)56(49)64-54/h1-36H. The van der Waals surface area contributed by atoms with Crippen molar-refractivity contribution in [2.75, 3.05) is 0 Å². The molecule has 0 bridgehead atoms. The molecule has 64 heavy (non-hydrogen) atoms. The smallest absolute Gasteiger partial charge is 0.164 e. The first kappa shape index (κ1) is 36.4. The Bertz CT molecular complexity index is 3940. The summed E-state index contributed by atoms with van der Waals surface area (Å²) in [6, 6.07) is 78.1. The fourth-order valence-corrected chi connectivity index (χ4v) is 10.8. The third kappa shape index (κ3) is 5.93. The second-order valence-corrected chi connectivity index (χ2v) is 17.4. The maximum absolute atomic E-state index is 5.36. The van der Waals surface area contributed by atoms with E-state index in [2.05, 4.69) is 199 Å². The van der Waals surface area contributed by atoms with Crippen LogP contribution in [0, 0.1) is 0 Å². The third-order valence-electron chi connectivity index (χ3n) is 12.6. The molecule has 10 aromatic carbocycles. The molecule has 0 saturated carbocycles. The van der Waals surface area contributed by atoms with E-state index < -0.39 is 0 Å². The summed E-state index contributed by atoms with van der Waals surface area (Å²) in [4.78, 5) is 15.8. The van der Waals surface area contributed by atoms with Crippen LogP contribution in [0.25, 0.3) is 126 Å². The van der Waals surface area contributed by atoms with Crippen molar-refractivity contribution >= 4 is 74.9 Å². The lowest BCUT2D eigenvalue weighted by Gasteiger charge is -2.16. The third-order valence-corrected chi connectivity index (χ3v) is 13.8. The lowest BCUT2D eigenvalue weighted by Crippen LogP contribution is -2.02. The van der Waals surface area contributed by atoms with E-state index in [0.717, 1.165) is 50.1 Å². The van der Waals surface area contributed by atoms with Crippen LogP contribution in [0.15, 0.2) is 218 Å². The number of aromatic nitrogens is 4. The van der Waals surface area contributed by atoms with E-state index in [1.165, 1.54) is 58.1 Å². The van der Waals surface area contributed by atoms with Gasteiger partial charge in [-0.2, -0.15) is 0 Å². The van der Waals surface area contributed by atoms with E-state index in [1.807, 2.05) is 35.6 Å². The highest BCUT2D eigenvalue weighted by Crippen LogP contribution is 2.46. The molecule has 13 rings (SSSR count). The van der Waals surface area contributed by atoms with Crippen LogP contribution in [-0.2, 0) is 0 Å². The highest BCUT2D eigenvalue weighted by Gasteiger charge is 2.22. The fraction of sp³-hybridized carbons (Fsp3) is 0. The van der Waals surface area contributed by atoms with Crippen LogP contribution < -0.4 is 0 Å². The zero-order valence-corrected chi connectivity index (χ0v) is 35.3. The van der Waals surface area contributed by atoms with Gasteiger partial charge >= 0.3 is 0 Å². The van der Waals surface area contributed by atoms with Crippen LogP contribution in [0.3, 0.4) is 0 Å². The summed E-state index contributed by atoms with van der Waals surface area (Å²) in [5.41, 5.74) is 10.7. The van der Waals surface area contributed by atoms with E-state index in [9.17, 15) is 0 Å². The SMILES string of the molecule is c1ccc(-c2ccc(-c3nc(-c4ccccc4)nc(-c4ccc(-n5c6ccccc6c6cc7ccccc7cc65)cc4-c4cccc5sc6c7ccccc7ccc6c45)n3)cc2)cc1. The van der Waals surface area contributed by atoms with Gasteiger partial charge in [-0.15, -0.1) is 11.3 Å². The molecule has 0 spiro atoms. The molecule has 13 aromatic rings. The van der Waals surface area contributed by atoms with E-state index in [4.69, 9.17) is 15.0 Å². The Balaban J connectivity index is 1.09. The molecule has 298 valence electrons. The molecule has 5 heteroatoms. The van der Waals surface area contributed by atoms with Crippen molar-refractivity contribution in [2.24, 2.45) is 0 Å². The van der Waals surface area contributed by atoms with Gasteiger partial charge in [0.1, 0.15) is 0 Å². The van der Waals surface area contributed by atoms with E-state index in [0.29, 0.717) is 17.5 Å². The first-order valence-corrected chi connectivity index (χ1v) is 22.4. The molecule has 0 aliphatic heterocycles. The maximum Gasteiger partial charge on any atom is 0.164 e. The van der Waals surface area contributed by atoms with Gasteiger partial charge in [0, 0.05) is 53.3 Å². The Labute approximate surface area is 373 Å². The molecule has 0 amide bonds.